The minimum atomic E-state index is -3.43. The van der Waals surface area contributed by atoms with E-state index in [-0.39, 0.29) is 12.0 Å². The van der Waals surface area contributed by atoms with E-state index in [1.807, 2.05) is 26.8 Å². The lowest BCUT2D eigenvalue weighted by Gasteiger charge is -2.22. The molecule has 1 aromatic rings. The SMILES string of the molecule is CCC(NS(=O)(=O)c1ccc2c(c1)CCCN2)C(C)C. The maximum atomic E-state index is 12.5. The van der Waals surface area contributed by atoms with Gasteiger partial charge in [0, 0.05) is 18.3 Å². The average Bonchev–Trinajstić information content (AvgIpc) is 2.44. The quantitative estimate of drug-likeness (QED) is 0.878. The molecule has 0 saturated heterocycles. The van der Waals surface area contributed by atoms with Gasteiger partial charge in [-0.2, -0.15) is 0 Å². The summed E-state index contributed by atoms with van der Waals surface area (Å²) in [7, 11) is -3.43. The van der Waals surface area contributed by atoms with Gasteiger partial charge >= 0.3 is 0 Å². The van der Waals surface area contributed by atoms with Crippen LogP contribution >= 0.6 is 0 Å². The van der Waals surface area contributed by atoms with Gasteiger partial charge in [0.1, 0.15) is 0 Å². The van der Waals surface area contributed by atoms with Crippen LogP contribution in [0.25, 0.3) is 0 Å². The van der Waals surface area contributed by atoms with Crippen LogP contribution in [0.15, 0.2) is 23.1 Å². The highest BCUT2D eigenvalue weighted by molar-refractivity contribution is 7.89. The van der Waals surface area contributed by atoms with Gasteiger partial charge in [-0.25, -0.2) is 13.1 Å². The molecule has 1 aromatic carbocycles. The van der Waals surface area contributed by atoms with E-state index in [4.69, 9.17) is 0 Å². The van der Waals surface area contributed by atoms with Crippen molar-refractivity contribution in [3.63, 3.8) is 0 Å². The summed E-state index contributed by atoms with van der Waals surface area (Å²) < 4.78 is 27.7. The first-order valence-corrected chi connectivity index (χ1v) is 8.81. The van der Waals surface area contributed by atoms with Gasteiger partial charge in [-0.1, -0.05) is 20.8 Å². The fraction of sp³-hybridized carbons (Fsp3) is 0.600. The van der Waals surface area contributed by atoms with Crippen molar-refractivity contribution in [2.75, 3.05) is 11.9 Å². The highest BCUT2D eigenvalue weighted by Crippen LogP contribution is 2.25. The first kappa shape index (κ1) is 15.3. The number of hydrogen-bond donors (Lipinski definition) is 2. The first-order valence-electron chi connectivity index (χ1n) is 7.33. The summed E-state index contributed by atoms with van der Waals surface area (Å²) in [6, 6.07) is 5.34. The van der Waals surface area contributed by atoms with E-state index in [1.54, 1.807) is 12.1 Å². The van der Waals surface area contributed by atoms with Crippen molar-refractivity contribution < 1.29 is 8.42 Å². The van der Waals surface area contributed by atoms with Gasteiger partial charge < -0.3 is 5.32 Å². The average molecular weight is 296 g/mol. The predicted molar refractivity (Wildman–Crippen MR) is 82.5 cm³/mol. The molecular formula is C15H24N2O2S. The second-order valence-electron chi connectivity index (χ2n) is 5.73. The predicted octanol–water partition coefficient (Wildman–Crippen LogP) is 2.76. The van der Waals surface area contributed by atoms with Crippen molar-refractivity contribution in [3.8, 4) is 0 Å². The molecule has 2 N–H and O–H groups in total. The molecule has 0 amide bonds. The van der Waals surface area contributed by atoms with E-state index in [0.717, 1.165) is 37.1 Å². The highest BCUT2D eigenvalue weighted by atomic mass is 32.2. The van der Waals surface area contributed by atoms with Crippen molar-refractivity contribution in [2.45, 2.75) is 51.0 Å². The second-order valence-corrected chi connectivity index (χ2v) is 7.44. The molecular weight excluding hydrogens is 272 g/mol. The third-order valence-corrected chi connectivity index (χ3v) is 5.36. The lowest BCUT2D eigenvalue weighted by Crippen LogP contribution is -2.38. The normalized spacial score (nSPS) is 16.6. The van der Waals surface area contributed by atoms with Crippen molar-refractivity contribution in [1.29, 1.82) is 0 Å². The molecule has 20 heavy (non-hydrogen) atoms. The maximum absolute atomic E-state index is 12.5. The summed E-state index contributed by atoms with van der Waals surface area (Å²) in [5.74, 6) is 0.286. The van der Waals surface area contributed by atoms with Crippen LogP contribution in [-0.2, 0) is 16.4 Å². The van der Waals surface area contributed by atoms with Gasteiger partial charge in [-0.3, -0.25) is 0 Å². The molecule has 0 fully saturated rings. The van der Waals surface area contributed by atoms with E-state index in [9.17, 15) is 8.42 Å². The number of aryl methyl sites for hydroxylation is 1. The van der Waals surface area contributed by atoms with Gasteiger partial charge in [0.2, 0.25) is 10.0 Å². The summed E-state index contributed by atoms with van der Waals surface area (Å²) in [6.45, 7) is 7.04. The van der Waals surface area contributed by atoms with E-state index in [1.165, 1.54) is 0 Å². The molecule has 0 saturated carbocycles. The number of rotatable bonds is 5. The molecule has 0 spiro atoms. The largest absolute Gasteiger partial charge is 0.385 e. The van der Waals surface area contributed by atoms with Gasteiger partial charge in [0.05, 0.1) is 4.90 Å². The number of benzene rings is 1. The van der Waals surface area contributed by atoms with Crippen molar-refractivity contribution in [3.05, 3.63) is 23.8 Å². The fourth-order valence-corrected chi connectivity index (χ4v) is 4.09. The van der Waals surface area contributed by atoms with Crippen LogP contribution in [0.3, 0.4) is 0 Å². The summed E-state index contributed by atoms with van der Waals surface area (Å²) in [4.78, 5) is 0.374. The molecule has 5 heteroatoms. The molecule has 0 radical (unpaired) electrons. The number of anilines is 1. The number of nitrogens with one attached hydrogen (secondary N) is 2. The molecule has 1 aliphatic rings. The van der Waals surface area contributed by atoms with E-state index in [2.05, 4.69) is 10.0 Å². The Bertz CT molecular complexity index is 567. The fourth-order valence-electron chi connectivity index (χ4n) is 2.58. The Kier molecular flexibility index (Phi) is 4.70. The Morgan fingerprint density at radius 1 is 1.35 bits per heavy atom. The topological polar surface area (TPSA) is 58.2 Å². The summed E-state index contributed by atoms with van der Waals surface area (Å²) in [5, 5.41) is 3.30. The highest BCUT2D eigenvalue weighted by Gasteiger charge is 2.22. The molecule has 0 bridgehead atoms. The Morgan fingerprint density at radius 2 is 2.10 bits per heavy atom. The molecule has 1 heterocycles. The Balaban J connectivity index is 2.25. The van der Waals surface area contributed by atoms with E-state index in [0.29, 0.717) is 4.90 Å². The van der Waals surface area contributed by atoms with Crippen LogP contribution in [0.4, 0.5) is 5.69 Å². The third kappa shape index (κ3) is 3.33. The zero-order chi connectivity index (χ0) is 14.8. The van der Waals surface area contributed by atoms with Crippen LogP contribution in [0.1, 0.15) is 39.2 Å². The molecule has 0 aliphatic carbocycles. The molecule has 1 atom stereocenters. The zero-order valence-electron chi connectivity index (χ0n) is 12.4. The Labute approximate surface area is 122 Å². The van der Waals surface area contributed by atoms with E-state index < -0.39 is 10.0 Å². The minimum absolute atomic E-state index is 0.0193. The maximum Gasteiger partial charge on any atom is 0.240 e. The van der Waals surface area contributed by atoms with Crippen LogP contribution in [0, 0.1) is 5.92 Å². The van der Waals surface area contributed by atoms with Crippen LogP contribution in [0.5, 0.6) is 0 Å². The third-order valence-electron chi connectivity index (χ3n) is 3.88. The molecule has 1 aliphatic heterocycles. The summed E-state index contributed by atoms with van der Waals surface area (Å²) in [6.07, 6.45) is 2.78. The molecule has 2 rings (SSSR count). The van der Waals surface area contributed by atoms with Crippen LogP contribution in [0.2, 0.25) is 0 Å². The van der Waals surface area contributed by atoms with E-state index >= 15 is 0 Å². The van der Waals surface area contributed by atoms with Crippen LogP contribution < -0.4 is 10.0 Å². The van der Waals surface area contributed by atoms with Gasteiger partial charge in [0.15, 0.2) is 0 Å². The zero-order valence-corrected chi connectivity index (χ0v) is 13.3. The number of fused-ring (bicyclic) bond motifs is 1. The Hall–Kier alpha value is -1.07. The summed E-state index contributed by atoms with van der Waals surface area (Å²) in [5.41, 5.74) is 2.16. The lowest BCUT2D eigenvalue weighted by molar-refractivity contribution is 0.437. The molecule has 1 unspecified atom stereocenters. The minimum Gasteiger partial charge on any atom is -0.385 e. The monoisotopic (exact) mass is 296 g/mol. The summed E-state index contributed by atoms with van der Waals surface area (Å²) >= 11 is 0. The van der Waals surface area contributed by atoms with Crippen molar-refractivity contribution in [1.82, 2.24) is 4.72 Å². The number of sulfonamides is 1. The molecule has 4 nitrogen and oxygen atoms in total. The van der Waals surface area contributed by atoms with Gasteiger partial charge in [0.25, 0.3) is 0 Å². The smallest absolute Gasteiger partial charge is 0.240 e. The standard InChI is InChI=1S/C15H24N2O2S/c1-4-14(11(2)3)17-20(18,19)13-7-8-15-12(10-13)6-5-9-16-15/h7-8,10-11,14,16-17H,4-6,9H2,1-3H3. The van der Waals surface area contributed by atoms with Crippen molar-refractivity contribution >= 4 is 15.7 Å². The molecule has 112 valence electrons. The number of hydrogen-bond acceptors (Lipinski definition) is 3. The van der Waals surface area contributed by atoms with Gasteiger partial charge in [-0.05, 0) is 48.9 Å². The first-order chi connectivity index (χ1) is 9.44. The van der Waals surface area contributed by atoms with Crippen molar-refractivity contribution in [2.24, 2.45) is 5.92 Å². The lowest BCUT2D eigenvalue weighted by atomic mass is 10.0. The molecule has 0 aromatic heterocycles. The Morgan fingerprint density at radius 3 is 2.75 bits per heavy atom. The second kappa shape index (κ2) is 6.14. The van der Waals surface area contributed by atoms with Gasteiger partial charge in [-0.15, -0.1) is 0 Å². The van der Waals surface area contributed by atoms with Crippen LogP contribution in [-0.4, -0.2) is 21.0 Å².